The number of aromatic nitrogens is 3. The highest BCUT2D eigenvalue weighted by molar-refractivity contribution is 8.02. The fourth-order valence-electron chi connectivity index (χ4n) is 1.63. The summed E-state index contributed by atoms with van der Waals surface area (Å²) < 4.78 is 14.7. The average Bonchev–Trinajstić information content (AvgIpc) is 2.88. The van der Waals surface area contributed by atoms with Crippen LogP contribution in [0, 0.1) is 5.82 Å². The average molecular weight is 305 g/mol. The normalized spacial score (nSPS) is 12.0. The fourth-order valence-corrected chi connectivity index (χ4v) is 2.47. The summed E-state index contributed by atoms with van der Waals surface area (Å²) in [5.41, 5.74) is 0.325. The molecule has 0 saturated carbocycles. The van der Waals surface area contributed by atoms with E-state index in [0.717, 1.165) is 0 Å². The molecular weight excluding hydrogens is 289 g/mol. The van der Waals surface area contributed by atoms with Crippen molar-refractivity contribution in [2.75, 3.05) is 0 Å². The second kappa shape index (κ2) is 6.22. The van der Waals surface area contributed by atoms with E-state index in [2.05, 4.69) is 10.2 Å². The Labute approximate surface area is 127 Å². The molecule has 0 saturated heterocycles. The van der Waals surface area contributed by atoms with Gasteiger partial charge in [-0.3, -0.25) is 4.79 Å². The van der Waals surface area contributed by atoms with Gasteiger partial charge in [-0.15, -0.1) is 10.2 Å². The lowest BCUT2D eigenvalue weighted by atomic mass is 10.1. The van der Waals surface area contributed by atoms with E-state index in [1.54, 1.807) is 11.7 Å². The molecule has 110 valence electrons. The van der Waals surface area contributed by atoms with Gasteiger partial charge in [0, 0.05) is 11.1 Å². The van der Waals surface area contributed by atoms with Crippen LogP contribution >= 0.6 is 11.8 Å². The summed E-state index contributed by atoms with van der Waals surface area (Å²) in [6.07, 6.45) is 3.11. The minimum Gasteiger partial charge on any atom is -0.303 e. The Kier molecular flexibility index (Phi) is 4.57. The quantitative estimate of drug-likeness (QED) is 0.491. The molecule has 0 bridgehead atoms. The molecule has 0 fully saturated rings. The Hall–Kier alpha value is -1.95. The van der Waals surface area contributed by atoms with Gasteiger partial charge < -0.3 is 4.57 Å². The third-order valence-electron chi connectivity index (χ3n) is 2.76. The van der Waals surface area contributed by atoms with Crippen molar-refractivity contribution in [3.05, 3.63) is 53.5 Å². The molecule has 0 atom stereocenters. The number of carbonyl (C=O) groups is 1. The van der Waals surface area contributed by atoms with E-state index in [0.29, 0.717) is 10.7 Å². The van der Waals surface area contributed by atoms with Gasteiger partial charge in [0.05, 0.1) is 0 Å². The lowest BCUT2D eigenvalue weighted by molar-refractivity contribution is 0.104. The number of nitrogens with zero attached hydrogens (tertiary/aromatic N) is 3. The molecule has 1 aromatic carbocycles. The van der Waals surface area contributed by atoms with Crippen molar-refractivity contribution in [1.29, 1.82) is 0 Å². The van der Waals surface area contributed by atoms with Crippen LogP contribution in [-0.4, -0.2) is 20.5 Å². The molecular formula is C15H16FN3OS. The van der Waals surface area contributed by atoms with E-state index >= 15 is 0 Å². The molecule has 21 heavy (non-hydrogen) atoms. The van der Waals surface area contributed by atoms with E-state index in [1.807, 2.05) is 25.3 Å². The van der Waals surface area contributed by atoms with Gasteiger partial charge in [-0.1, -0.05) is 11.8 Å². The van der Waals surface area contributed by atoms with Crippen LogP contribution in [0.15, 0.2) is 47.2 Å². The van der Waals surface area contributed by atoms with Gasteiger partial charge in [0.25, 0.3) is 0 Å². The number of ketones is 1. The monoisotopic (exact) mass is 305 g/mol. The van der Waals surface area contributed by atoms with Crippen LogP contribution in [0.4, 0.5) is 4.39 Å². The summed E-state index contributed by atoms with van der Waals surface area (Å²) in [5, 5.41) is 10.3. The predicted octanol–water partition coefficient (Wildman–Crippen LogP) is 3.66. The van der Waals surface area contributed by atoms with Crippen molar-refractivity contribution in [3.63, 3.8) is 0 Å². The Morgan fingerprint density at radius 1 is 1.29 bits per heavy atom. The SMILES string of the molecule is CC(C)(C)n1cnnc1S/C=C/C(=O)c1ccc(F)cc1. The van der Waals surface area contributed by atoms with Crippen LogP contribution in [0.1, 0.15) is 31.1 Å². The minimum atomic E-state index is -0.358. The van der Waals surface area contributed by atoms with Crippen molar-refractivity contribution >= 4 is 17.5 Å². The van der Waals surface area contributed by atoms with Crippen molar-refractivity contribution in [2.24, 2.45) is 0 Å². The molecule has 0 amide bonds. The van der Waals surface area contributed by atoms with Crippen LogP contribution in [0.3, 0.4) is 0 Å². The number of hydrogen-bond donors (Lipinski definition) is 0. The second-order valence-electron chi connectivity index (χ2n) is 5.45. The zero-order valence-electron chi connectivity index (χ0n) is 12.1. The first-order chi connectivity index (χ1) is 9.88. The van der Waals surface area contributed by atoms with Crippen LogP contribution < -0.4 is 0 Å². The number of halogens is 1. The Balaban J connectivity index is 2.05. The predicted molar refractivity (Wildman–Crippen MR) is 80.7 cm³/mol. The summed E-state index contributed by atoms with van der Waals surface area (Å²) in [4.78, 5) is 11.9. The minimum absolute atomic E-state index is 0.124. The van der Waals surface area contributed by atoms with Gasteiger partial charge >= 0.3 is 0 Å². The summed E-state index contributed by atoms with van der Waals surface area (Å²) >= 11 is 1.32. The third kappa shape index (κ3) is 4.01. The lowest BCUT2D eigenvalue weighted by Gasteiger charge is -2.21. The largest absolute Gasteiger partial charge is 0.303 e. The van der Waals surface area contributed by atoms with Gasteiger partial charge in [-0.25, -0.2) is 4.39 Å². The van der Waals surface area contributed by atoms with Crippen molar-refractivity contribution in [2.45, 2.75) is 31.5 Å². The van der Waals surface area contributed by atoms with Gasteiger partial charge in [0.2, 0.25) is 0 Å². The smallest absolute Gasteiger partial charge is 0.195 e. The number of rotatable bonds is 4. The van der Waals surface area contributed by atoms with Crippen LogP contribution in [-0.2, 0) is 5.54 Å². The van der Waals surface area contributed by atoms with Crippen LogP contribution in [0.2, 0.25) is 0 Å². The molecule has 6 heteroatoms. The summed E-state index contributed by atoms with van der Waals surface area (Å²) in [7, 11) is 0. The Bertz CT molecular complexity index is 656. The van der Waals surface area contributed by atoms with E-state index in [4.69, 9.17) is 0 Å². The molecule has 2 aromatic rings. The molecule has 4 nitrogen and oxygen atoms in total. The molecule has 0 aliphatic carbocycles. The first-order valence-corrected chi connectivity index (χ1v) is 7.29. The highest BCUT2D eigenvalue weighted by Gasteiger charge is 2.17. The Morgan fingerprint density at radius 3 is 2.57 bits per heavy atom. The zero-order chi connectivity index (χ0) is 15.5. The fraction of sp³-hybridized carbons (Fsp3) is 0.267. The molecule has 1 aromatic heterocycles. The molecule has 0 radical (unpaired) electrons. The highest BCUT2D eigenvalue weighted by Crippen LogP contribution is 2.23. The van der Waals surface area contributed by atoms with Crippen molar-refractivity contribution in [1.82, 2.24) is 14.8 Å². The molecule has 2 rings (SSSR count). The lowest BCUT2D eigenvalue weighted by Crippen LogP contribution is -2.21. The first-order valence-electron chi connectivity index (χ1n) is 6.41. The number of carbonyl (C=O) groups excluding carboxylic acids is 1. The van der Waals surface area contributed by atoms with Gasteiger partial charge in [-0.2, -0.15) is 0 Å². The number of hydrogen-bond acceptors (Lipinski definition) is 4. The molecule has 0 spiro atoms. The maximum Gasteiger partial charge on any atom is 0.195 e. The number of benzene rings is 1. The van der Waals surface area contributed by atoms with E-state index < -0.39 is 0 Å². The third-order valence-corrected chi connectivity index (χ3v) is 3.52. The zero-order valence-corrected chi connectivity index (χ0v) is 12.9. The van der Waals surface area contributed by atoms with Gasteiger partial charge in [0.1, 0.15) is 12.1 Å². The van der Waals surface area contributed by atoms with Crippen molar-refractivity contribution < 1.29 is 9.18 Å². The van der Waals surface area contributed by atoms with E-state index in [1.165, 1.54) is 42.1 Å². The number of thioether (sulfide) groups is 1. The molecule has 0 unspecified atom stereocenters. The standard InChI is InChI=1S/C15H16FN3OS/c1-15(2,3)19-10-17-18-14(19)21-9-8-13(20)11-4-6-12(16)7-5-11/h4-10H,1-3H3/b9-8+. The molecule has 0 N–H and O–H groups in total. The Morgan fingerprint density at radius 2 is 1.95 bits per heavy atom. The van der Waals surface area contributed by atoms with E-state index in [9.17, 15) is 9.18 Å². The molecule has 0 aliphatic heterocycles. The van der Waals surface area contributed by atoms with E-state index in [-0.39, 0.29) is 17.1 Å². The maximum absolute atomic E-state index is 12.8. The molecule has 1 heterocycles. The van der Waals surface area contributed by atoms with Crippen LogP contribution in [0.5, 0.6) is 0 Å². The summed E-state index contributed by atoms with van der Waals surface area (Å²) in [5.74, 6) is -0.535. The van der Waals surface area contributed by atoms with Gasteiger partial charge in [0.15, 0.2) is 10.9 Å². The number of allylic oxidation sites excluding steroid dienone is 1. The first kappa shape index (κ1) is 15.4. The molecule has 0 aliphatic rings. The topological polar surface area (TPSA) is 47.8 Å². The maximum atomic E-state index is 12.8. The highest BCUT2D eigenvalue weighted by atomic mass is 32.2. The second-order valence-corrected chi connectivity index (χ2v) is 6.32. The summed E-state index contributed by atoms with van der Waals surface area (Å²) in [6.45, 7) is 6.15. The van der Waals surface area contributed by atoms with Crippen molar-refractivity contribution in [3.8, 4) is 0 Å². The van der Waals surface area contributed by atoms with Gasteiger partial charge in [-0.05, 0) is 56.5 Å². The van der Waals surface area contributed by atoms with Crippen LogP contribution in [0.25, 0.3) is 0 Å². The summed E-state index contributed by atoms with van der Waals surface area (Å²) in [6, 6.07) is 5.46.